The van der Waals surface area contributed by atoms with Crippen LogP contribution in [0.15, 0.2) is 72.8 Å². The van der Waals surface area contributed by atoms with E-state index in [4.69, 9.17) is 4.84 Å². The Morgan fingerprint density at radius 1 is 1.04 bits per heavy atom. The first-order chi connectivity index (χ1) is 11.2. The van der Waals surface area contributed by atoms with Crippen LogP contribution in [0.3, 0.4) is 0 Å². The Bertz CT molecular complexity index is 759. The number of hydrogen-bond acceptors (Lipinski definition) is 2. The van der Waals surface area contributed by atoms with Crippen molar-refractivity contribution in [3.63, 3.8) is 0 Å². The Morgan fingerprint density at radius 3 is 2.26 bits per heavy atom. The highest BCUT2D eigenvalue weighted by molar-refractivity contribution is 7.69. The minimum absolute atomic E-state index is 0.0695. The van der Waals surface area contributed by atoms with Gasteiger partial charge in [-0.15, -0.1) is 4.83 Å². The topological polar surface area (TPSA) is 29.5 Å². The third kappa shape index (κ3) is 2.40. The minimum atomic E-state index is -2.91. The molecule has 4 rings (SSSR count). The van der Waals surface area contributed by atoms with Gasteiger partial charge < -0.3 is 0 Å². The van der Waals surface area contributed by atoms with E-state index in [0.29, 0.717) is 0 Å². The van der Waals surface area contributed by atoms with E-state index in [1.54, 1.807) is 4.83 Å². The number of hydrogen-bond donors (Lipinski definition) is 0. The van der Waals surface area contributed by atoms with E-state index >= 15 is 0 Å². The van der Waals surface area contributed by atoms with Gasteiger partial charge in [-0.2, -0.15) is 0 Å². The first-order valence-corrected chi connectivity index (χ1v) is 9.77. The lowest BCUT2D eigenvalue weighted by molar-refractivity contribution is -0.0769. The molecule has 1 heterocycles. The molecule has 2 bridgehead atoms. The molecule has 0 aromatic heterocycles. The summed E-state index contributed by atoms with van der Waals surface area (Å²) in [6, 6.07) is 20.0. The van der Waals surface area contributed by atoms with Gasteiger partial charge in [-0.3, -0.25) is 9.40 Å². The molecule has 2 aliphatic rings. The molecule has 1 saturated heterocycles. The van der Waals surface area contributed by atoms with E-state index in [0.717, 1.165) is 17.3 Å². The molecule has 0 spiro atoms. The van der Waals surface area contributed by atoms with Crippen LogP contribution in [0.1, 0.15) is 24.6 Å². The average molecular weight is 325 g/mol. The molecule has 2 aromatic carbocycles. The van der Waals surface area contributed by atoms with Crippen molar-refractivity contribution in [2.24, 2.45) is 0 Å². The van der Waals surface area contributed by atoms with Crippen LogP contribution in [0, 0.1) is 0 Å². The molecular weight excluding hydrogens is 305 g/mol. The van der Waals surface area contributed by atoms with Crippen LogP contribution in [0.4, 0.5) is 0 Å². The molecule has 2 aromatic rings. The standard InChI is InChI=1S/C19H20NO2P/c1-15(16-8-4-2-5-9-16)23(21,19-10-6-3-7-11-19)20-17-12-13-18(14-17)22-20/h2-13,15,17-18H,14H2,1H3/t15-,17+,18-,23?/m0/s1. The second-order valence-corrected chi connectivity index (χ2v) is 9.11. The lowest BCUT2D eigenvalue weighted by Gasteiger charge is -2.36. The van der Waals surface area contributed by atoms with Crippen molar-refractivity contribution in [1.82, 2.24) is 4.83 Å². The molecule has 1 aliphatic carbocycles. The number of nitrogens with zero attached hydrogens (tertiary/aromatic N) is 1. The maximum absolute atomic E-state index is 14.3. The summed E-state index contributed by atoms with van der Waals surface area (Å²) in [5.74, 6) is 0. The zero-order valence-electron chi connectivity index (χ0n) is 13.1. The molecule has 0 amide bonds. The fraction of sp³-hybridized carbons (Fsp3) is 0.263. The summed E-state index contributed by atoms with van der Waals surface area (Å²) in [7, 11) is -2.91. The summed E-state index contributed by atoms with van der Waals surface area (Å²) in [4.78, 5) is 7.80. The van der Waals surface area contributed by atoms with Crippen molar-refractivity contribution in [2.45, 2.75) is 31.1 Å². The SMILES string of the molecule is C[C@@H](c1ccccc1)P(=O)(c1ccccc1)N1O[C@H]2C=C[C@@H]1C2. The second-order valence-electron chi connectivity index (χ2n) is 6.18. The fourth-order valence-electron chi connectivity index (χ4n) is 3.48. The summed E-state index contributed by atoms with van der Waals surface area (Å²) in [5.41, 5.74) is 0.953. The molecule has 23 heavy (non-hydrogen) atoms. The number of hydroxylamine groups is 1. The number of rotatable bonds is 4. The molecule has 0 saturated carbocycles. The predicted octanol–water partition coefficient (Wildman–Crippen LogP) is 4.30. The quantitative estimate of drug-likeness (QED) is 0.620. The van der Waals surface area contributed by atoms with Crippen LogP contribution in [-0.4, -0.2) is 17.0 Å². The fourth-order valence-corrected chi connectivity index (χ4v) is 6.54. The van der Waals surface area contributed by atoms with Crippen LogP contribution < -0.4 is 5.30 Å². The van der Waals surface area contributed by atoms with Gasteiger partial charge in [-0.25, -0.2) is 0 Å². The van der Waals surface area contributed by atoms with E-state index in [9.17, 15) is 4.57 Å². The van der Waals surface area contributed by atoms with Crippen molar-refractivity contribution >= 4 is 12.6 Å². The Balaban J connectivity index is 1.82. The van der Waals surface area contributed by atoms with Crippen molar-refractivity contribution < 1.29 is 9.40 Å². The van der Waals surface area contributed by atoms with Gasteiger partial charge >= 0.3 is 0 Å². The van der Waals surface area contributed by atoms with E-state index in [1.165, 1.54) is 0 Å². The van der Waals surface area contributed by atoms with Crippen LogP contribution >= 0.6 is 7.29 Å². The van der Waals surface area contributed by atoms with Crippen molar-refractivity contribution in [1.29, 1.82) is 0 Å². The molecule has 1 fully saturated rings. The van der Waals surface area contributed by atoms with E-state index < -0.39 is 7.29 Å². The molecule has 0 radical (unpaired) electrons. The van der Waals surface area contributed by atoms with Gasteiger partial charge in [0.1, 0.15) is 0 Å². The Kier molecular flexibility index (Phi) is 3.73. The van der Waals surface area contributed by atoms with E-state index in [2.05, 4.69) is 12.2 Å². The Morgan fingerprint density at radius 2 is 1.70 bits per heavy atom. The largest absolute Gasteiger partial charge is 0.299 e. The zero-order chi connectivity index (χ0) is 15.9. The van der Waals surface area contributed by atoms with Gasteiger partial charge in [0.15, 0.2) is 0 Å². The number of benzene rings is 2. The van der Waals surface area contributed by atoms with Crippen LogP contribution in [0.5, 0.6) is 0 Å². The van der Waals surface area contributed by atoms with Gasteiger partial charge in [-0.1, -0.05) is 72.8 Å². The first-order valence-electron chi connectivity index (χ1n) is 8.04. The molecule has 0 N–H and O–H groups in total. The van der Waals surface area contributed by atoms with E-state index in [1.807, 2.05) is 67.6 Å². The third-order valence-electron chi connectivity index (χ3n) is 4.77. The Labute approximate surface area is 137 Å². The third-order valence-corrected chi connectivity index (χ3v) is 8.14. The van der Waals surface area contributed by atoms with Crippen LogP contribution in [-0.2, 0) is 9.40 Å². The maximum Gasteiger partial charge on any atom is 0.208 e. The average Bonchev–Trinajstić information content (AvgIpc) is 3.25. The summed E-state index contributed by atoms with van der Waals surface area (Å²) in [5, 5.41) is 0.859. The molecule has 1 aliphatic heterocycles. The molecule has 1 unspecified atom stereocenters. The van der Waals surface area contributed by atoms with Gasteiger partial charge in [0.05, 0.1) is 17.8 Å². The monoisotopic (exact) mass is 325 g/mol. The lowest BCUT2D eigenvalue weighted by atomic mass is 10.2. The highest BCUT2D eigenvalue weighted by Gasteiger charge is 2.49. The highest BCUT2D eigenvalue weighted by atomic mass is 31.2. The first kappa shape index (κ1) is 14.9. The summed E-state index contributed by atoms with van der Waals surface area (Å²) in [6.07, 6.45) is 5.17. The molecule has 4 atom stereocenters. The van der Waals surface area contributed by atoms with Crippen LogP contribution in [0.2, 0.25) is 0 Å². The van der Waals surface area contributed by atoms with Gasteiger partial charge in [0, 0.05) is 11.7 Å². The molecule has 4 heteroatoms. The maximum atomic E-state index is 14.3. The van der Waals surface area contributed by atoms with E-state index in [-0.39, 0.29) is 17.8 Å². The smallest absolute Gasteiger partial charge is 0.208 e. The lowest BCUT2D eigenvalue weighted by Crippen LogP contribution is -2.32. The van der Waals surface area contributed by atoms with Gasteiger partial charge in [0.2, 0.25) is 7.29 Å². The second kappa shape index (κ2) is 5.76. The molecular formula is C19H20NO2P. The van der Waals surface area contributed by atoms with Crippen molar-refractivity contribution in [3.8, 4) is 0 Å². The van der Waals surface area contributed by atoms with Gasteiger partial charge in [0.25, 0.3) is 0 Å². The number of fused-ring (bicyclic) bond motifs is 2. The Hall–Kier alpha value is -1.67. The minimum Gasteiger partial charge on any atom is -0.299 e. The predicted molar refractivity (Wildman–Crippen MR) is 92.8 cm³/mol. The summed E-state index contributed by atoms with van der Waals surface area (Å²) < 4.78 is 14.3. The zero-order valence-corrected chi connectivity index (χ0v) is 14.0. The van der Waals surface area contributed by atoms with Crippen LogP contribution in [0.25, 0.3) is 0 Å². The van der Waals surface area contributed by atoms with Gasteiger partial charge in [-0.05, 0) is 12.5 Å². The van der Waals surface area contributed by atoms with Crippen molar-refractivity contribution in [2.75, 3.05) is 0 Å². The highest BCUT2D eigenvalue weighted by Crippen LogP contribution is 2.64. The molecule has 118 valence electrons. The molecule has 3 nitrogen and oxygen atoms in total. The summed E-state index contributed by atoms with van der Waals surface area (Å²) >= 11 is 0. The summed E-state index contributed by atoms with van der Waals surface area (Å²) in [6.45, 7) is 2.04. The normalized spacial score (nSPS) is 27.0. The van der Waals surface area contributed by atoms with Crippen molar-refractivity contribution in [3.05, 3.63) is 78.4 Å².